The summed E-state index contributed by atoms with van der Waals surface area (Å²) in [6.45, 7) is 8.34. The van der Waals surface area contributed by atoms with Crippen LogP contribution in [0, 0.1) is 12.3 Å². The molecule has 0 spiro atoms. The Morgan fingerprint density at radius 3 is 2.57 bits per heavy atom. The smallest absolute Gasteiger partial charge is 0.328 e. The van der Waals surface area contributed by atoms with Crippen LogP contribution in [0.2, 0.25) is 0 Å². The molecule has 0 aliphatic heterocycles. The number of hydrogen-bond acceptors (Lipinski definition) is 4. The largest absolute Gasteiger partial charge is 0.467 e. The number of nitrogens with zero attached hydrogens (tertiary/aromatic N) is 2. The highest BCUT2D eigenvalue weighted by Crippen LogP contribution is 2.20. The Hall–Kier alpha value is -1.85. The van der Waals surface area contributed by atoms with E-state index in [4.69, 9.17) is 4.74 Å². The van der Waals surface area contributed by atoms with E-state index < -0.39 is 12.0 Å². The zero-order valence-electron chi connectivity index (χ0n) is 13.5. The lowest BCUT2D eigenvalue weighted by molar-refractivity contribution is -0.148. The number of amides is 1. The minimum atomic E-state index is -0.634. The number of aromatic nitrogens is 2. The lowest BCUT2D eigenvalue weighted by Gasteiger charge is -2.29. The molecule has 6 nitrogen and oxygen atoms in total. The minimum Gasteiger partial charge on any atom is -0.467 e. The molecule has 0 saturated carbocycles. The SMILES string of the molecule is COC(=O)[C@@H](NC(=O)CCCn1ccnc1C)C(C)(C)C. The summed E-state index contributed by atoms with van der Waals surface area (Å²) in [6, 6.07) is -0.634. The molecular weight excluding hydrogens is 270 g/mol. The monoisotopic (exact) mass is 295 g/mol. The number of imidazole rings is 1. The van der Waals surface area contributed by atoms with E-state index in [1.165, 1.54) is 7.11 Å². The van der Waals surface area contributed by atoms with Crippen molar-refractivity contribution in [2.75, 3.05) is 7.11 Å². The molecule has 1 N–H and O–H groups in total. The Kier molecular flexibility index (Phi) is 5.93. The van der Waals surface area contributed by atoms with E-state index in [1.54, 1.807) is 6.20 Å². The molecule has 0 bridgehead atoms. The molecule has 118 valence electrons. The van der Waals surface area contributed by atoms with Gasteiger partial charge < -0.3 is 14.6 Å². The Morgan fingerprint density at radius 2 is 2.10 bits per heavy atom. The molecule has 1 heterocycles. The second-order valence-electron chi connectivity index (χ2n) is 6.16. The second kappa shape index (κ2) is 7.24. The number of aryl methyl sites for hydroxylation is 2. The number of methoxy groups -OCH3 is 1. The predicted octanol–water partition coefficient (Wildman–Crippen LogP) is 1.68. The summed E-state index contributed by atoms with van der Waals surface area (Å²) in [5.41, 5.74) is -0.385. The summed E-state index contributed by atoms with van der Waals surface area (Å²) in [6.07, 6.45) is 4.68. The number of esters is 1. The standard InChI is InChI=1S/C15H25N3O3/c1-11-16-8-10-18(11)9-6-7-12(19)17-13(14(20)21-5)15(2,3)4/h8,10,13H,6-7,9H2,1-5H3,(H,17,19)/t13-/m1/s1. The molecule has 0 fully saturated rings. The van der Waals surface area contributed by atoms with Crippen LogP contribution in [-0.2, 0) is 20.9 Å². The normalized spacial score (nSPS) is 12.8. The molecule has 21 heavy (non-hydrogen) atoms. The van der Waals surface area contributed by atoms with Gasteiger partial charge in [-0.15, -0.1) is 0 Å². The van der Waals surface area contributed by atoms with Crippen molar-refractivity contribution >= 4 is 11.9 Å². The van der Waals surface area contributed by atoms with Crippen LogP contribution in [0.25, 0.3) is 0 Å². The van der Waals surface area contributed by atoms with E-state index in [1.807, 2.05) is 38.5 Å². The Labute approximate surface area is 125 Å². The highest BCUT2D eigenvalue weighted by molar-refractivity contribution is 5.84. The van der Waals surface area contributed by atoms with E-state index in [2.05, 4.69) is 10.3 Å². The van der Waals surface area contributed by atoms with Crippen LogP contribution in [0.4, 0.5) is 0 Å². The zero-order chi connectivity index (χ0) is 16.0. The van der Waals surface area contributed by atoms with Crippen LogP contribution in [0.5, 0.6) is 0 Å². The first kappa shape index (κ1) is 17.2. The van der Waals surface area contributed by atoms with E-state index in [0.717, 1.165) is 12.4 Å². The molecule has 0 aliphatic rings. The molecule has 6 heteroatoms. The maximum Gasteiger partial charge on any atom is 0.328 e. The third kappa shape index (κ3) is 5.21. The third-order valence-electron chi connectivity index (χ3n) is 3.33. The van der Waals surface area contributed by atoms with Crippen LogP contribution in [0.15, 0.2) is 12.4 Å². The van der Waals surface area contributed by atoms with Gasteiger partial charge in [-0.3, -0.25) is 4.79 Å². The van der Waals surface area contributed by atoms with Gasteiger partial charge in [0.2, 0.25) is 5.91 Å². The van der Waals surface area contributed by atoms with E-state index in [-0.39, 0.29) is 11.3 Å². The Balaban J connectivity index is 2.47. The fourth-order valence-corrected chi connectivity index (χ4v) is 2.03. The fourth-order valence-electron chi connectivity index (χ4n) is 2.03. The molecule has 1 aromatic heterocycles. The quantitative estimate of drug-likeness (QED) is 0.810. The van der Waals surface area contributed by atoms with Gasteiger partial charge in [0.1, 0.15) is 11.9 Å². The maximum atomic E-state index is 12.0. The van der Waals surface area contributed by atoms with Crippen molar-refractivity contribution < 1.29 is 14.3 Å². The molecule has 1 atom stereocenters. The van der Waals surface area contributed by atoms with Gasteiger partial charge >= 0.3 is 5.97 Å². The molecular formula is C15H25N3O3. The molecule has 0 aliphatic carbocycles. The van der Waals surface area contributed by atoms with E-state index in [9.17, 15) is 9.59 Å². The molecule has 0 radical (unpaired) electrons. The van der Waals surface area contributed by atoms with Gasteiger partial charge in [0, 0.05) is 25.4 Å². The number of carbonyl (C=O) groups excluding carboxylic acids is 2. The number of nitrogens with one attached hydrogen (secondary N) is 1. The Bertz CT molecular complexity index is 489. The molecule has 1 rings (SSSR count). The van der Waals surface area contributed by atoms with Crippen molar-refractivity contribution in [3.05, 3.63) is 18.2 Å². The van der Waals surface area contributed by atoms with Gasteiger partial charge in [-0.2, -0.15) is 0 Å². The van der Waals surface area contributed by atoms with Crippen LogP contribution < -0.4 is 5.32 Å². The van der Waals surface area contributed by atoms with Gasteiger partial charge in [-0.05, 0) is 18.8 Å². The average Bonchev–Trinajstić information content (AvgIpc) is 2.79. The summed E-state index contributed by atoms with van der Waals surface area (Å²) < 4.78 is 6.75. The van der Waals surface area contributed by atoms with Crippen LogP contribution in [-0.4, -0.2) is 34.6 Å². The number of carbonyl (C=O) groups is 2. The first-order valence-corrected chi connectivity index (χ1v) is 7.10. The van der Waals surface area contributed by atoms with Crippen molar-refractivity contribution in [2.24, 2.45) is 5.41 Å². The summed E-state index contributed by atoms with van der Waals surface area (Å²) in [5, 5.41) is 2.76. The van der Waals surface area contributed by atoms with E-state index in [0.29, 0.717) is 12.8 Å². The zero-order valence-corrected chi connectivity index (χ0v) is 13.5. The van der Waals surface area contributed by atoms with Crippen molar-refractivity contribution in [3.8, 4) is 0 Å². The fraction of sp³-hybridized carbons (Fsp3) is 0.667. The lowest BCUT2D eigenvalue weighted by Crippen LogP contribution is -2.49. The maximum absolute atomic E-state index is 12.0. The van der Waals surface area contributed by atoms with Crippen molar-refractivity contribution in [1.82, 2.24) is 14.9 Å². The molecule has 0 saturated heterocycles. The van der Waals surface area contributed by atoms with Crippen molar-refractivity contribution in [3.63, 3.8) is 0 Å². The van der Waals surface area contributed by atoms with Gasteiger partial charge in [0.05, 0.1) is 7.11 Å². The number of ether oxygens (including phenoxy) is 1. The van der Waals surface area contributed by atoms with Crippen molar-refractivity contribution in [1.29, 1.82) is 0 Å². The highest BCUT2D eigenvalue weighted by atomic mass is 16.5. The summed E-state index contributed by atoms with van der Waals surface area (Å²) in [4.78, 5) is 27.9. The van der Waals surface area contributed by atoms with Gasteiger partial charge in [0.25, 0.3) is 0 Å². The lowest BCUT2D eigenvalue weighted by atomic mass is 9.86. The van der Waals surface area contributed by atoms with Gasteiger partial charge in [-0.25, -0.2) is 9.78 Å². The first-order valence-electron chi connectivity index (χ1n) is 7.10. The van der Waals surface area contributed by atoms with Gasteiger partial charge in [-0.1, -0.05) is 20.8 Å². The van der Waals surface area contributed by atoms with E-state index >= 15 is 0 Å². The summed E-state index contributed by atoms with van der Waals surface area (Å²) in [7, 11) is 1.33. The summed E-state index contributed by atoms with van der Waals surface area (Å²) in [5.74, 6) is 0.372. The predicted molar refractivity (Wildman–Crippen MR) is 79.6 cm³/mol. The highest BCUT2D eigenvalue weighted by Gasteiger charge is 2.33. The first-order chi connectivity index (χ1) is 9.75. The van der Waals surface area contributed by atoms with Crippen LogP contribution in [0.3, 0.4) is 0 Å². The topological polar surface area (TPSA) is 73.2 Å². The summed E-state index contributed by atoms with van der Waals surface area (Å²) >= 11 is 0. The minimum absolute atomic E-state index is 0.141. The molecule has 1 aromatic rings. The molecule has 0 aromatic carbocycles. The second-order valence-corrected chi connectivity index (χ2v) is 6.16. The van der Waals surface area contributed by atoms with Crippen LogP contribution >= 0.6 is 0 Å². The Morgan fingerprint density at radius 1 is 1.43 bits per heavy atom. The number of rotatable bonds is 6. The van der Waals surface area contributed by atoms with Gasteiger partial charge in [0.15, 0.2) is 0 Å². The third-order valence-corrected chi connectivity index (χ3v) is 3.33. The average molecular weight is 295 g/mol. The molecule has 1 amide bonds. The van der Waals surface area contributed by atoms with Crippen molar-refractivity contribution in [2.45, 2.75) is 53.1 Å². The number of hydrogen-bond donors (Lipinski definition) is 1. The molecule has 0 unspecified atom stereocenters. The van der Waals surface area contributed by atoms with Crippen LogP contribution in [0.1, 0.15) is 39.4 Å².